The maximum Gasteiger partial charge on any atom is 0.512 e. The van der Waals surface area contributed by atoms with E-state index in [0.717, 1.165) is 60.5 Å². The normalized spacial score (nSPS) is 22.1. The molecule has 2 aromatic rings. The van der Waals surface area contributed by atoms with E-state index in [0.29, 0.717) is 16.7 Å². The molecule has 0 bridgehead atoms. The van der Waals surface area contributed by atoms with Gasteiger partial charge in [-0.05, 0) is 67.6 Å². The Hall–Kier alpha value is -1.99. The molecule has 1 aliphatic carbocycles. The predicted molar refractivity (Wildman–Crippen MR) is 127 cm³/mol. The molecule has 31 heavy (non-hydrogen) atoms. The third-order valence-corrected chi connectivity index (χ3v) is 8.44. The highest BCUT2D eigenvalue weighted by atomic mass is 32.2. The summed E-state index contributed by atoms with van der Waals surface area (Å²) in [5, 5.41) is 9.65. The summed E-state index contributed by atoms with van der Waals surface area (Å²) >= 11 is 3.21. The van der Waals surface area contributed by atoms with E-state index in [-0.39, 0.29) is 17.9 Å². The largest absolute Gasteiger partial charge is 0.512 e. The van der Waals surface area contributed by atoms with E-state index in [4.69, 9.17) is 4.74 Å². The van der Waals surface area contributed by atoms with Gasteiger partial charge in [0.25, 0.3) is 0 Å². The second-order valence-electron chi connectivity index (χ2n) is 8.53. The predicted octanol–water partition coefficient (Wildman–Crippen LogP) is 6.53. The Balaban J connectivity index is 1.73. The summed E-state index contributed by atoms with van der Waals surface area (Å²) in [6.07, 6.45) is 4.45. The van der Waals surface area contributed by atoms with Crippen molar-refractivity contribution in [3.05, 3.63) is 36.4 Å². The Kier molecular flexibility index (Phi) is 7.23. The fraction of sp³-hybridized carbons (Fsp3) is 0.500. The molecule has 1 N–H and O–H groups in total. The number of carbonyl (C=O) groups excluding carboxylic acids is 1. The molecule has 0 unspecified atom stereocenters. The van der Waals surface area contributed by atoms with Crippen molar-refractivity contribution in [3.8, 4) is 15.5 Å². The van der Waals surface area contributed by atoms with Crippen LogP contribution < -0.4 is 9.64 Å². The molecular formula is C24H29NO4S2. The molecule has 1 aromatic carbocycles. The fourth-order valence-corrected chi connectivity index (χ4v) is 6.65. The number of ether oxygens (including phenoxy) is 1. The van der Waals surface area contributed by atoms with Crippen molar-refractivity contribution in [2.24, 2.45) is 11.8 Å². The molecule has 0 atom stereocenters. The summed E-state index contributed by atoms with van der Waals surface area (Å²) < 4.78 is 5.21. The van der Waals surface area contributed by atoms with Crippen LogP contribution in [-0.4, -0.2) is 34.7 Å². The molecule has 2 heterocycles. The number of amides is 1. The Morgan fingerprint density at radius 1 is 1.03 bits per heavy atom. The number of carboxylic acid groups (broad SMARTS) is 1. The highest BCUT2D eigenvalue weighted by Crippen LogP contribution is 2.46. The third-order valence-electron chi connectivity index (χ3n) is 6.34. The lowest BCUT2D eigenvalue weighted by molar-refractivity contribution is -0.124. The zero-order valence-electron chi connectivity index (χ0n) is 17.8. The van der Waals surface area contributed by atoms with Gasteiger partial charge in [0, 0.05) is 16.8 Å². The van der Waals surface area contributed by atoms with Crippen LogP contribution in [-0.2, 0) is 4.79 Å². The van der Waals surface area contributed by atoms with E-state index < -0.39 is 6.16 Å². The minimum absolute atomic E-state index is 0.00327. The van der Waals surface area contributed by atoms with Crippen molar-refractivity contribution >= 4 is 40.8 Å². The van der Waals surface area contributed by atoms with Gasteiger partial charge in [0.05, 0.1) is 5.69 Å². The SMILES string of the molecule is CC1CCC(C(=O)N(c2cc(-c3ccccc3)sc2OC(=O)O)C2CCSCC2)CC1. The van der Waals surface area contributed by atoms with Crippen LogP contribution in [0.5, 0.6) is 5.06 Å². The summed E-state index contributed by atoms with van der Waals surface area (Å²) in [7, 11) is 0. The number of thiophene rings is 1. The maximum absolute atomic E-state index is 13.8. The van der Waals surface area contributed by atoms with E-state index in [1.54, 1.807) is 0 Å². The van der Waals surface area contributed by atoms with Crippen LogP contribution in [0.2, 0.25) is 0 Å². The zero-order valence-corrected chi connectivity index (χ0v) is 19.4. The average Bonchev–Trinajstić information content (AvgIpc) is 3.18. The summed E-state index contributed by atoms with van der Waals surface area (Å²) in [6, 6.07) is 11.9. The zero-order chi connectivity index (χ0) is 21.8. The molecule has 1 aliphatic heterocycles. The second kappa shape index (κ2) is 10.1. The lowest BCUT2D eigenvalue weighted by Crippen LogP contribution is -2.46. The second-order valence-corrected chi connectivity index (χ2v) is 10.8. The number of thioether (sulfide) groups is 1. The number of carbonyl (C=O) groups is 2. The van der Waals surface area contributed by atoms with Gasteiger partial charge >= 0.3 is 6.16 Å². The Morgan fingerprint density at radius 3 is 2.35 bits per heavy atom. The Morgan fingerprint density at radius 2 is 1.71 bits per heavy atom. The first kappa shape index (κ1) is 22.2. The van der Waals surface area contributed by atoms with Gasteiger partial charge in [-0.1, -0.05) is 48.6 Å². The van der Waals surface area contributed by atoms with Gasteiger partial charge < -0.3 is 14.7 Å². The van der Waals surface area contributed by atoms with Crippen molar-refractivity contribution in [2.45, 2.75) is 51.5 Å². The molecule has 0 radical (unpaired) electrons. The molecule has 0 spiro atoms. The minimum atomic E-state index is -1.35. The van der Waals surface area contributed by atoms with E-state index >= 15 is 0 Å². The third kappa shape index (κ3) is 5.26. The van der Waals surface area contributed by atoms with Gasteiger partial charge in [-0.3, -0.25) is 4.79 Å². The molecule has 2 aliphatic rings. The Bertz CT molecular complexity index is 900. The number of benzene rings is 1. The first-order valence-electron chi connectivity index (χ1n) is 11.0. The van der Waals surface area contributed by atoms with Gasteiger partial charge in [-0.15, -0.1) is 0 Å². The molecule has 2 fully saturated rings. The summed E-state index contributed by atoms with van der Waals surface area (Å²) in [5.41, 5.74) is 1.61. The number of hydrogen-bond acceptors (Lipinski definition) is 5. The van der Waals surface area contributed by atoms with Gasteiger partial charge in [0.1, 0.15) is 0 Å². The van der Waals surface area contributed by atoms with Crippen molar-refractivity contribution in [2.75, 3.05) is 16.4 Å². The number of anilines is 1. The quantitative estimate of drug-likeness (QED) is 0.515. The van der Waals surface area contributed by atoms with Gasteiger partial charge in [0.15, 0.2) is 0 Å². The van der Waals surface area contributed by atoms with Crippen molar-refractivity contribution < 1.29 is 19.4 Å². The van der Waals surface area contributed by atoms with Crippen LogP contribution in [0.15, 0.2) is 36.4 Å². The van der Waals surface area contributed by atoms with Gasteiger partial charge in [-0.25, -0.2) is 4.79 Å². The monoisotopic (exact) mass is 459 g/mol. The van der Waals surface area contributed by atoms with E-state index in [9.17, 15) is 14.7 Å². The lowest BCUT2D eigenvalue weighted by Gasteiger charge is -2.37. The number of nitrogens with zero attached hydrogens (tertiary/aromatic N) is 1. The van der Waals surface area contributed by atoms with Crippen LogP contribution >= 0.6 is 23.1 Å². The first-order valence-corrected chi connectivity index (χ1v) is 13.0. The van der Waals surface area contributed by atoms with Gasteiger partial charge in [0.2, 0.25) is 11.0 Å². The fourth-order valence-electron chi connectivity index (χ4n) is 4.57. The summed E-state index contributed by atoms with van der Waals surface area (Å²) in [4.78, 5) is 28.1. The number of hydrogen-bond donors (Lipinski definition) is 1. The van der Waals surface area contributed by atoms with Crippen LogP contribution in [0.4, 0.5) is 10.5 Å². The minimum Gasteiger partial charge on any atom is -0.449 e. The van der Waals surface area contributed by atoms with E-state index in [1.165, 1.54) is 11.3 Å². The van der Waals surface area contributed by atoms with Crippen molar-refractivity contribution in [1.29, 1.82) is 0 Å². The van der Waals surface area contributed by atoms with Crippen molar-refractivity contribution in [1.82, 2.24) is 0 Å². The molecule has 166 valence electrons. The van der Waals surface area contributed by atoms with E-state index in [1.807, 2.05) is 53.1 Å². The maximum atomic E-state index is 13.8. The van der Waals surface area contributed by atoms with Crippen LogP contribution in [0.25, 0.3) is 10.4 Å². The number of rotatable bonds is 5. The van der Waals surface area contributed by atoms with Gasteiger partial charge in [-0.2, -0.15) is 11.8 Å². The highest BCUT2D eigenvalue weighted by Gasteiger charge is 2.36. The molecule has 4 rings (SSSR count). The Labute approximate surface area is 191 Å². The highest BCUT2D eigenvalue weighted by molar-refractivity contribution is 7.99. The molecule has 1 saturated heterocycles. The smallest absolute Gasteiger partial charge is 0.449 e. The van der Waals surface area contributed by atoms with Crippen LogP contribution in [0.1, 0.15) is 45.4 Å². The van der Waals surface area contributed by atoms with Crippen molar-refractivity contribution in [3.63, 3.8) is 0 Å². The first-order chi connectivity index (χ1) is 15.0. The molecule has 7 heteroatoms. The summed E-state index contributed by atoms with van der Waals surface area (Å²) in [6.45, 7) is 2.25. The van der Waals surface area contributed by atoms with Crippen LogP contribution in [0.3, 0.4) is 0 Å². The topological polar surface area (TPSA) is 66.8 Å². The van der Waals surface area contributed by atoms with Crippen LogP contribution in [0, 0.1) is 11.8 Å². The molecule has 1 saturated carbocycles. The molecule has 1 aromatic heterocycles. The molecule has 5 nitrogen and oxygen atoms in total. The molecule has 1 amide bonds. The lowest BCUT2D eigenvalue weighted by atomic mass is 9.82. The standard InChI is InChI=1S/C24H29NO4S2/c1-16-7-9-18(10-8-16)22(26)25(19-11-13-30-14-12-19)20-15-21(17-5-3-2-4-6-17)31-23(20)29-24(27)28/h2-6,15-16,18-19H,7-14H2,1H3,(H,27,28). The molecular weight excluding hydrogens is 430 g/mol. The summed E-state index contributed by atoms with van der Waals surface area (Å²) in [5.74, 6) is 2.84. The van der Waals surface area contributed by atoms with E-state index in [2.05, 4.69) is 6.92 Å². The average molecular weight is 460 g/mol.